The summed E-state index contributed by atoms with van der Waals surface area (Å²) in [5, 5.41) is 27.0. The Hall–Kier alpha value is -4.71. The van der Waals surface area contributed by atoms with Crippen molar-refractivity contribution >= 4 is 40.6 Å². The van der Waals surface area contributed by atoms with E-state index in [4.69, 9.17) is 5.73 Å². The van der Waals surface area contributed by atoms with Crippen LogP contribution in [0.4, 0.5) is 0 Å². The van der Waals surface area contributed by atoms with Gasteiger partial charge >= 0.3 is 11.9 Å². The van der Waals surface area contributed by atoms with Crippen LogP contribution in [0.3, 0.4) is 0 Å². The largest absolute Gasteiger partial charge is 0.481 e. The Morgan fingerprint density at radius 1 is 0.805 bits per heavy atom. The SMILES string of the molecule is CC(C)C(NC(=O)C(CC(=O)O)NC(=O)C(Cc1ccccc1)NC(=O)C(N)Cc1c[nH]c2ccccc12)C(=O)O. The molecule has 3 aromatic rings. The van der Waals surface area contributed by atoms with Crippen molar-refractivity contribution in [1.82, 2.24) is 20.9 Å². The molecule has 0 aliphatic heterocycles. The van der Waals surface area contributed by atoms with Gasteiger partial charge in [0, 0.05) is 23.5 Å². The summed E-state index contributed by atoms with van der Waals surface area (Å²) in [4.78, 5) is 65.5. The van der Waals surface area contributed by atoms with Gasteiger partial charge < -0.3 is 36.9 Å². The van der Waals surface area contributed by atoms with Gasteiger partial charge in [0.2, 0.25) is 17.7 Å². The number of hydrogen-bond donors (Lipinski definition) is 7. The fraction of sp³-hybridized carbons (Fsp3) is 0.345. The highest BCUT2D eigenvalue weighted by atomic mass is 16.4. The van der Waals surface area contributed by atoms with Crippen molar-refractivity contribution < 1.29 is 34.2 Å². The number of carboxylic acid groups (broad SMARTS) is 2. The van der Waals surface area contributed by atoms with E-state index in [-0.39, 0.29) is 12.8 Å². The minimum absolute atomic E-state index is 0.0311. The first-order chi connectivity index (χ1) is 19.5. The van der Waals surface area contributed by atoms with Gasteiger partial charge in [-0.1, -0.05) is 62.4 Å². The van der Waals surface area contributed by atoms with E-state index in [1.54, 1.807) is 50.4 Å². The van der Waals surface area contributed by atoms with Crippen LogP contribution in [0.2, 0.25) is 0 Å². The highest BCUT2D eigenvalue weighted by molar-refractivity contribution is 5.96. The summed E-state index contributed by atoms with van der Waals surface area (Å²) in [6.45, 7) is 3.16. The van der Waals surface area contributed by atoms with Crippen LogP contribution in [-0.4, -0.2) is 69.0 Å². The second-order valence-corrected chi connectivity index (χ2v) is 10.1. The molecule has 0 spiro atoms. The van der Waals surface area contributed by atoms with Crippen molar-refractivity contribution in [2.75, 3.05) is 0 Å². The van der Waals surface area contributed by atoms with E-state index >= 15 is 0 Å². The Morgan fingerprint density at radius 2 is 1.41 bits per heavy atom. The highest BCUT2D eigenvalue weighted by Crippen LogP contribution is 2.19. The van der Waals surface area contributed by atoms with E-state index in [0.29, 0.717) is 5.56 Å². The zero-order chi connectivity index (χ0) is 30.1. The van der Waals surface area contributed by atoms with Crippen LogP contribution in [-0.2, 0) is 36.8 Å². The number of fused-ring (bicyclic) bond motifs is 1. The third-order valence-electron chi connectivity index (χ3n) is 6.61. The van der Waals surface area contributed by atoms with E-state index in [0.717, 1.165) is 16.5 Å². The first kappa shape index (κ1) is 30.8. The lowest BCUT2D eigenvalue weighted by atomic mass is 10.0. The lowest BCUT2D eigenvalue weighted by Gasteiger charge is -2.25. The minimum Gasteiger partial charge on any atom is -0.481 e. The second kappa shape index (κ2) is 14.1. The topological polar surface area (TPSA) is 204 Å². The van der Waals surface area contributed by atoms with Gasteiger partial charge in [-0.25, -0.2) is 4.79 Å². The predicted octanol–water partition coefficient (Wildman–Crippen LogP) is 0.950. The standard InChI is InChI=1S/C29H35N5O7/c1-16(2)25(29(40)41)34-28(39)23(14-24(35)36)33-27(38)22(12-17-8-4-3-5-9-17)32-26(37)20(30)13-18-15-31-21-11-7-6-10-19(18)21/h3-11,15-16,20,22-23,25,31H,12-14,30H2,1-2H3,(H,32,37)(H,33,38)(H,34,39)(H,35,36)(H,40,41). The van der Waals surface area contributed by atoms with E-state index in [1.807, 2.05) is 24.3 Å². The Balaban J connectivity index is 1.78. The molecule has 8 N–H and O–H groups in total. The minimum atomic E-state index is -1.59. The van der Waals surface area contributed by atoms with Gasteiger partial charge in [-0.2, -0.15) is 0 Å². The van der Waals surface area contributed by atoms with Crippen molar-refractivity contribution in [3.05, 3.63) is 71.9 Å². The van der Waals surface area contributed by atoms with Crippen LogP contribution in [0.1, 0.15) is 31.4 Å². The smallest absolute Gasteiger partial charge is 0.326 e. The number of rotatable bonds is 14. The van der Waals surface area contributed by atoms with Gasteiger partial charge in [0.25, 0.3) is 0 Å². The average Bonchev–Trinajstić information content (AvgIpc) is 3.33. The fourth-order valence-electron chi connectivity index (χ4n) is 4.39. The molecule has 218 valence electrons. The summed E-state index contributed by atoms with van der Waals surface area (Å²) in [5.41, 5.74) is 8.62. The molecule has 12 heteroatoms. The van der Waals surface area contributed by atoms with Crippen molar-refractivity contribution in [1.29, 1.82) is 0 Å². The molecule has 4 unspecified atom stereocenters. The number of carbonyl (C=O) groups is 5. The maximum absolute atomic E-state index is 13.4. The van der Waals surface area contributed by atoms with E-state index in [1.165, 1.54) is 0 Å². The molecule has 3 rings (SSSR count). The number of aromatic amines is 1. The number of aliphatic carboxylic acids is 2. The summed E-state index contributed by atoms with van der Waals surface area (Å²) in [5.74, 6) is -5.59. The number of carboxylic acids is 2. The molecular formula is C29H35N5O7. The fourth-order valence-corrected chi connectivity index (χ4v) is 4.39. The lowest BCUT2D eigenvalue weighted by molar-refractivity contribution is -0.144. The first-order valence-corrected chi connectivity index (χ1v) is 13.2. The van der Waals surface area contributed by atoms with Gasteiger partial charge in [-0.3, -0.25) is 19.2 Å². The van der Waals surface area contributed by atoms with Crippen LogP contribution in [0, 0.1) is 5.92 Å². The molecule has 0 saturated heterocycles. The monoisotopic (exact) mass is 565 g/mol. The van der Waals surface area contributed by atoms with E-state index in [2.05, 4.69) is 20.9 Å². The van der Waals surface area contributed by atoms with Crippen molar-refractivity contribution in [2.24, 2.45) is 11.7 Å². The van der Waals surface area contributed by atoms with Gasteiger partial charge in [-0.15, -0.1) is 0 Å². The maximum atomic E-state index is 13.4. The molecule has 2 aromatic carbocycles. The number of nitrogens with two attached hydrogens (primary N) is 1. The molecule has 0 aliphatic carbocycles. The van der Waals surface area contributed by atoms with Crippen LogP contribution < -0.4 is 21.7 Å². The first-order valence-electron chi connectivity index (χ1n) is 13.2. The number of hydrogen-bond acceptors (Lipinski definition) is 6. The number of para-hydroxylation sites is 1. The quantitative estimate of drug-likeness (QED) is 0.150. The molecule has 0 fully saturated rings. The number of aromatic nitrogens is 1. The Bertz CT molecular complexity index is 1390. The summed E-state index contributed by atoms with van der Waals surface area (Å²) in [6.07, 6.45) is 1.19. The number of benzene rings is 2. The number of carbonyl (C=O) groups excluding carboxylic acids is 3. The second-order valence-electron chi connectivity index (χ2n) is 10.1. The Kier molecular flexibility index (Phi) is 10.6. The number of H-pyrrole nitrogens is 1. The molecule has 0 saturated carbocycles. The summed E-state index contributed by atoms with van der Waals surface area (Å²) < 4.78 is 0. The highest BCUT2D eigenvalue weighted by Gasteiger charge is 2.32. The molecule has 4 atom stereocenters. The van der Waals surface area contributed by atoms with Crippen LogP contribution >= 0.6 is 0 Å². The molecule has 1 aromatic heterocycles. The molecule has 0 bridgehead atoms. The Labute approximate surface area is 236 Å². The molecule has 0 radical (unpaired) electrons. The van der Waals surface area contributed by atoms with Crippen LogP contribution in [0.5, 0.6) is 0 Å². The van der Waals surface area contributed by atoms with Crippen molar-refractivity contribution in [3.8, 4) is 0 Å². The molecule has 3 amide bonds. The zero-order valence-corrected chi connectivity index (χ0v) is 22.8. The van der Waals surface area contributed by atoms with Crippen LogP contribution in [0.15, 0.2) is 60.8 Å². The number of amides is 3. The molecule has 0 aliphatic rings. The summed E-state index contributed by atoms with van der Waals surface area (Å²) >= 11 is 0. The van der Waals surface area contributed by atoms with Crippen LogP contribution in [0.25, 0.3) is 10.9 Å². The summed E-state index contributed by atoms with van der Waals surface area (Å²) in [7, 11) is 0. The molecular weight excluding hydrogens is 530 g/mol. The van der Waals surface area contributed by atoms with Gasteiger partial charge in [0.1, 0.15) is 18.1 Å². The normalized spacial score (nSPS) is 14.0. The number of nitrogens with one attached hydrogen (secondary N) is 4. The predicted molar refractivity (Wildman–Crippen MR) is 151 cm³/mol. The van der Waals surface area contributed by atoms with Crippen molar-refractivity contribution in [3.63, 3.8) is 0 Å². The van der Waals surface area contributed by atoms with E-state index < -0.39 is 66.2 Å². The third-order valence-corrected chi connectivity index (χ3v) is 6.61. The van der Waals surface area contributed by atoms with Crippen molar-refractivity contribution in [2.45, 2.75) is 57.3 Å². The average molecular weight is 566 g/mol. The van der Waals surface area contributed by atoms with E-state index in [9.17, 15) is 34.2 Å². The van der Waals surface area contributed by atoms with Gasteiger partial charge in [-0.05, 0) is 29.5 Å². The van der Waals surface area contributed by atoms with Gasteiger partial charge in [0.05, 0.1) is 12.5 Å². The maximum Gasteiger partial charge on any atom is 0.326 e. The lowest BCUT2D eigenvalue weighted by Crippen LogP contribution is -2.58. The zero-order valence-electron chi connectivity index (χ0n) is 22.8. The Morgan fingerprint density at radius 3 is 2.05 bits per heavy atom. The van der Waals surface area contributed by atoms with Gasteiger partial charge in [0.15, 0.2) is 0 Å². The molecule has 12 nitrogen and oxygen atoms in total. The molecule has 1 heterocycles. The third kappa shape index (κ3) is 8.64. The molecule has 41 heavy (non-hydrogen) atoms. The summed E-state index contributed by atoms with van der Waals surface area (Å²) in [6, 6.07) is 11.3.